The van der Waals surface area contributed by atoms with Gasteiger partial charge < -0.3 is 5.32 Å². The minimum atomic E-state index is 0.671. The second-order valence-corrected chi connectivity index (χ2v) is 6.53. The fourth-order valence-corrected chi connectivity index (χ4v) is 3.97. The van der Waals surface area contributed by atoms with Crippen LogP contribution in [0, 0.1) is 5.92 Å². The summed E-state index contributed by atoms with van der Waals surface area (Å²) in [5.74, 6) is 1.46. The summed E-state index contributed by atoms with van der Waals surface area (Å²) in [6, 6.07) is 22.7. The number of hydrogen-bond donors (Lipinski definition) is 1. The van der Waals surface area contributed by atoms with Crippen molar-refractivity contribution in [2.75, 3.05) is 6.54 Å². The number of benzene rings is 2. The standard InChI is InChI=1S/C21H27N/c1-2-22-21-14-13-19(18-11-7-4-8-12-18)16-20(21)15-17-9-5-3-6-10-17/h3-12,19-22H,2,13-16H2,1H3. The van der Waals surface area contributed by atoms with Crippen LogP contribution in [0.3, 0.4) is 0 Å². The first-order chi connectivity index (χ1) is 10.9. The molecule has 22 heavy (non-hydrogen) atoms. The summed E-state index contributed by atoms with van der Waals surface area (Å²) in [6.45, 7) is 3.30. The van der Waals surface area contributed by atoms with Crippen molar-refractivity contribution in [2.45, 2.75) is 44.6 Å². The molecule has 0 bridgehead atoms. The summed E-state index contributed by atoms with van der Waals surface area (Å²) in [4.78, 5) is 0. The van der Waals surface area contributed by atoms with E-state index in [1.165, 1.54) is 36.8 Å². The molecule has 1 aliphatic carbocycles. The van der Waals surface area contributed by atoms with Crippen LogP contribution in [0.1, 0.15) is 43.2 Å². The molecule has 3 atom stereocenters. The average Bonchev–Trinajstić information content (AvgIpc) is 2.58. The lowest BCUT2D eigenvalue weighted by Crippen LogP contribution is -2.41. The van der Waals surface area contributed by atoms with E-state index in [1.54, 1.807) is 0 Å². The van der Waals surface area contributed by atoms with E-state index < -0.39 is 0 Å². The van der Waals surface area contributed by atoms with Crippen molar-refractivity contribution >= 4 is 0 Å². The van der Waals surface area contributed by atoms with Crippen molar-refractivity contribution < 1.29 is 0 Å². The van der Waals surface area contributed by atoms with Gasteiger partial charge in [-0.05, 0) is 55.2 Å². The summed E-state index contributed by atoms with van der Waals surface area (Å²) in [7, 11) is 0. The first-order valence-electron chi connectivity index (χ1n) is 8.69. The van der Waals surface area contributed by atoms with Crippen molar-refractivity contribution in [1.29, 1.82) is 0 Å². The Balaban J connectivity index is 1.73. The van der Waals surface area contributed by atoms with Gasteiger partial charge in [0.1, 0.15) is 0 Å². The Morgan fingerprint density at radius 3 is 2.27 bits per heavy atom. The van der Waals surface area contributed by atoms with Crippen LogP contribution < -0.4 is 5.32 Å². The summed E-state index contributed by atoms with van der Waals surface area (Å²) >= 11 is 0. The molecule has 1 N–H and O–H groups in total. The van der Waals surface area contributed by atoms with Crippen LogP contribution in [0.15, 0.2) is 60.7 Å². The Morgan fingerprint density at radius 2 is 1.59 bits per heavy atom. The summed E-state index contributed by atoms with van der Waals surface area (Å²) < 4.78 is 0. The first-order valence-corrected chi connectivity index (χ1v) is 8.69. The number of rotatable bonds is 5. The number of hydrogen-bond acceptors (Lipinski definition) is 1. The molecule has 0 saturated heterocycles. The Bertz CT molecular complexity index is 549. The van der Waals surface area contributed by atoms with Crippen LogP contribution in [0.25, 0.3) is 0 Å². The molecule has 2 aromatic rings. The summed E-state index contributed by atoms with van der Waals surface area (Å²) in [5.41, 5.74) is 3.00. The third kappa shape index (κ3) is 3.78. The highest BCUT2D eigenvalue weighted by atomic mass is 14.9. The Labute approximate surface area is 134 Å². The van der Waals surface area contributed by atoms with E-state index in [2.05, 4.69) is 72.9 Å². The van der Waals surface area contributed by atoms with Crippen LogP contribution >= 0.6 is 0 Å². The van der Waals surface area contributed by atoms with Crippen LogP contribution in [0.2, 0.25) is 0 Å². The van der Waals surface area contributed by atoms with E-state index in [1.807, 2.05) is 0 Å². The molecule has 3 unspecified atom stereocenters. The van der Waals surface area contributed by atoms with Crippen molar-refractivity contribution in [2.24, 2.45) is 5.92 Å². The minimum absolute atomic E-state index is 0.671. The predicted molar refractivity (Wildman–Crippen MR) is 94.1 cm³/mol. The van der Waals surface area contributed by atoms with Gasteiger partial charge in [-0.1, -0.05) is 67.6 Å². The fraction of sp³-hybridized carbons (Fsp3) is 0.429. The molecule has 0 spiro atoms. The van der Waals surface area contributed by atoms with Gasteiger partial charge in [0.05, 0.1) is 0 Å². The van der Waals surface area contributed by atoms with Gasteiger partial charge >= 0.3 is 0 Å². The molecule has 1 nitrogen and oxygen atoms in total. The first kappa shape index (κ1) is 15.3. The lowest BCUT2D eigenvalue weighted by atomic mass is 9.73. The third-order valence-electron chi connectivity index (χ3n) is 5.06. The van der Waals surface area contributed by atoms with Crippen LogP contribution in [0.4, 0.5) is 0 Å². The number of nitrogens with one attached hydrogen (secondary N) is 1. The van der Waals surface area contributed by atoms with E-state index >= 15 is 0 Å². The molecule has 0 aromatic heterocycles. The molecule has 0 heterocycles. The van der Waals surface area contributed by atoms with E-state index in [9.17, 15) is 0 Å². The van der Waals surface area contributed by atoms with Crippen molar-refractivity contribution in [3.63, 3.8) is 0 Å². The smallest absolute Gasteiger partial charge is 0.00988 e. The Hall–Kier alpha value is -1.60. The molecule has 1 saturated carbocycles. The molecule has 0 amide bonds. The highest BCUT2D eigenvalue weighted by Crippen LogP contribution is 2.37. The lowest BCUT2D eigenvalue weighted by Gasteiger charge is -2.37. The van der Waals surface area contributed by atoms with Gasteiger partial charge in [-0.2, -0.15) is 0 Å². The SMILES string of the molecule is CCNC1CCC(c2ccccc2)CC1Cc1ccccc1. The maximum Gasteiger partial charge on any atom is 0.00988 e. The fourth-order valence-electron chi connectivity index (χ4n) is 3.97. The van der Waals surface area contributed by atoms with Gasteiger partial charge in [0.15, 0.2) is 0 Å². The zero-order valence-electron chi connectivity index (χ0n) is 13.5. The molecular weight excluding hydrogens is 266 g/mol. The molecule has 3 rings (SSSR count). The molecule has 1 fully saturated rings. The zero-order chi connectivity index (χ0) is 15.2. The summed E-state index contributed by atoms with van der Waals surface area (Å²) in [5, 5.41) is 3.73. The van der Waals surface area contributed by atoms with Crippen LogP contribution in [-0.2, 0) is 6.42 Å². The molecule has 2 aromatic carbocycles. The largest absolute Gasteiger partial charge is 0.314 e. The average molecular weight is 293 g/mol. The van der Waals surface area contributed by atoms with Crippen LogP contribution in [-0.4, -0.2) is 12.6 Å². The molecule has 0 aliphatic heterocycles. The zero-order valence-corrected chi connectivity index (χ0v) is 13.5. The molecule has 1 heteroatoms. The maximum absolute atomic E-state index is 3.73. The normalized spacial score (nSPS) is 25.0. The lowest BCUT2D eigenvalue weighted by molar-refractivity contribution is 0.241. The van der Waals surface area contributed by atoms with E-state index in [0.717, 1.165) is 18.4 Å². The van der Waals surface area contributed by atoms with E-state index in [-0.39, 0.29) is 0 Å². The topological polar surface area (TPSA) is 12.0 Å². The highest BCUT2D eigenvalue weighted by molar-refractivity contribution is 5.22. The second kappa shape index (κ2) is 7.60. The quantitative estimate of drug-likeness (QED) is 0.835. The second-order valence-electron chi connectivity index (χ2n) is 6.53. The van der Waals surface area contributed by atoms with E-state index in [4.69, 9.17) is 0 Å². The molecular formula is C21H27N. The molecule has 116 valence electrons. The van der Waals surface area contributed by atoms with Gasteiger partial charge in [-0.15, -0.1) is 0 Å². The monoisotopic (exact) mass is 293 g/mol. The van der Waals surface area contributed by atoms with Gasteiger partial charge in [-0.3, -0.25) is 0 Å². The Kier molecular flexibility index (Phi) is 5.29. The van der Waals surface area contributed by atoms with E-state index in [0.29, 0.717) is 6.04 Å². The van der Waals surface area contributed by atoms with Gasteiger partial charge in [0, 0.05) is 6.04 Å². The molecule has 0 radical (unpaired) electrons. The van der Waals surface area contributed by atoms with Crippen molar-refractivity contribution in [1.82, 2.24) is 5.32 Å². The van der Waals surface area contributed by atoms with Crippen LogP contribution in [0.5, 0.6) is 0 Å². The van der Waals surface area contributed by atoms with Gasteiger partial charge in [-0.25, -0.2) is 0 Å². The van der Waals surface area contributed by atoms with Gasteiger partial charge in [0.25, 0.3) is 0 Å². The Morgan fingerprint density at radius 1 is 0.909 bits per heavy atom. The maximum atomic E-state index is 3.73. The third-order valence-corrected chi connectivity index (χ3v) is 5.06. The predicted octanol–water partition coefficient (Wildman–Crippen LogP) is 4.79. The van der Waals surface area contributed by atoms with Gasteiger partial charge in [0.2, 0.25) is 0 Å². The van der Waals surface area contributed by atoms with Crippen molar-refractivity contribution in [3.8, 4) is 0 Å². The summed E-state index contributed by atoms with van der Waals surface area (Å²) in [6.07, 6.45) is 5.11. The molecule has 1 aliphatic rings. The van der Waals surface area contributed by atoms with Crippen molar-refractivity contribution in [3.05, 3.63) is 71.8 Å². The minimum Gasteiger partial charge on any atom is -0.314 e. The highest BCUT2D eigenvalue weighted by Gasteiger charge is 2.30.